The summed E-state index contributed by atoms with van der Waals surface area (Å²) in [5.41, 5.74) is 0.177. The lowest BCUT2D eigenvalue weighted by molar-refractivity contribution is 0.195. The molecule has 1 fully saturated rings. The van der Waals surface area contributed by atoms with E-state index < -0.39 is 11.6 Å². The van der Waals surface area contributed by atoms with Gasteiger partial charge >= 0.3 is 0 Å². The average molecular weight is 226 g/mol. The van der Waals surface area contributed by atoms with Crippen LogP contribution in [0, 0.1) is 11.6 Å². The minimum atomic E-state index is -0.453. The smallest absolute Gasteiger partial charge is 0.130 e. The zero-order chi connectivity index (χ0) is 11.5. The summed E-state index contributed by atoms with van der Waals surface area (Å²) in [5.74, 6) is -0.905. The standard InChI is InChI=1S/C12H16F2N2/c1-9-7-16(6-5-15-9)8-10-11(13)3-2-4-12(10)14/h2-4,9,15H,5-8H2,1H3. The van der Waals surface area contributed by atoms with Crippen LogP contribution >= 0.6 is 0 Å². The van der Waals surface area contributed by atoms with Gasteiger partial charge in [0.1, 0.15) is 11.6 Å². The van der Waals surface area contributed by atoms with E-state index in [0.717, 1.165) is 19.6 Å². The molecule has 0 bridgehead atoms. The number of halogens is 2. The Kier molecular flexibility index (Phi) is 3.51. The summed E-state index contributed by atoms with van der Waals surface area (Å²) in [7, 11) is 0. The summed E-state index contributed by atoms with van der Waals surface area (Å²) in [6, 6.07) is 4.39. The third kappa shape index (κ3) is 2.57. The van der Waals surface area contributed by atoms with Gasteiger partial charge in [-0.25, -0.2) is 8.78 Å². The molecule has 2 rings (SSSR count). The molecule has 1 N–H and O–H groups in total. The van der Waals surface area contributed by atoms with Crippen molar-refractivity contribution < 1.29 is 8.78 Å². The van der Waals surface area contributed by atoms with E-state index in [9.17, 15) is 8.78 Å². The lowest BCUT2D eigenvalue weighted by Crippen LogP contribution is -2.48. The lowest BCUT2D eigenvalue weighted by atomic mass is 10.1. The van der Waals surface area contributed by atoms with Crippen molar-refractivity contribution in [2.45, 2.75) is 19.5 Å². The first-order valence-electron chi connectivity index (χ1n) is 5.55. The summed E-state index contributed by atoms with van der Waals surface area (Å²) in [4.78, 5) is 2.07. The fourth-order valence-corrected chi connectivity index (χ4v) is 2.06. The molecule has 0 radical (unpaired) electrons. The number of piperazine rings is 1. The minimum absolute atomic E-state index is 0.177. The Bertz CT molecular complexity index is 348. The van der Waals surface area contributed by atoms with E-state index in [0.29, 0.717) is 12.6 Å². The van der Waals surface area contributed by atoms with Crippen molar-refractivity contribution in [1.82, 2.24) is 10.2 Å². The van der Waals surface area contributed by atoms with Crippen molar-refractivity contribution in [3.63, 3.8) is 0 Å². The van der Waals surface area contributed by atoms with E-state index in [1.807, 2.05) is 0 Å². The zero-order valence-corrected chi connectivity index (χ0v) is 9.34. The molecule has 0 saturated carbocycles. The summed E-state index contributed by atoms with van der Waals surface area (Å²) in [6.45, 7) is 4.96. The zero-order valence-electron chi connectivity index (χ0n) is 9.34. The predicted molar refractivity (Wildman–Crippen MR) is 59.1 cm³/mol. The lowest BCUT2D eigenvalue weighted by Gasteiger charge is -2.31. The molecule has 1 saturated heterocycles. The second kappa shape index (κ2) is 4.89. The second-order valence-corrected chi connectivity index (χ2v) is 4.29. The maximum absolute atomic E-state index is 13.4. The first-order valence-corrected chi connectivity index (χ1v) is 5.55. The predicted octanol–water partition coefficient (Wildman–Crippen LogP) is 1.76. The second-order valence-electron chi connectivity index (χ2n) is 4.29. The van der Waals surface area contributed by atoms with E-state index in [1.165, 1.54) is 18.2 Å². The van der Waals surface area contributed by atoms with Crippen molar-refractivity contribution in [3.8, 4) is 0 Å². The van der Waals surface area contributed by atoms with Crippen LogP contribution in [-0.2, 0) is 6.54 Å². The SMILES string of the molecule is CC1CN(Cc2c(F)cccc2F)CCN1. The molecule has 2 nitrogen and oxygen atoms in total. The third-order valence-corrected chi connectivity index (χ3v) is 2.90. The van der Waals surface area contributed by atoms with E-state index in [1.54, 1.807) is 0 Å². The molecule has 1 aromatic rings. The molecule has 88 valence electrons. The fraction of sp³-hybridized carbons (Fsp3) is 0.500. The van der Waals surface area contributed by atoms with Crippen molar-refractivity contribution in [3.05, 3.63) is 35.4 Å². The van der Waals surface area contributed by atoms with Gasteiger partial charge in [-0.1, -0.05) is 6.07 Å². The van der Waals surface area contributed by atoms with Gasteiger partial charge in [0.15, 0.2) is 0 Å². The van der Waals surface area contributed by atoms with Gasteiger partial charge in [-0.05, 0) is 19.1 Å². The number of benzene rings is 1. The Labute approximate surface area is 94.3 Å². The van der Waals surface area contributed by atoms with Crippen LogP contribution in [0.1, 0.15) is 12.5 Å². The number of hydrogen-bond acceptors (Lipinski definition) is 2. The van der Waals surface area contributed by atoms with E-state index in [4.69, 9.17) is 0 Å². The minimum Gasteiger partial charge on any atom is -0.312 e. The van der Waals surface area contributed by atoms with Crippen LogP contribution in [0.2, 0.25) is 0 Å². The van der Waals surface area contributed by atoms with E-state index in [-0.39, 0.29) is 5.56 Å². The number of nitrogens with zero attached hydrogens (tertiary/aromatic N) is 1. The molecule has 1 atom stereocenters. The van der Waals surface area contributed by atoms with Crippen molar-refractivity contribution in [2.75, 3.05) is 19.6 Å². The molecule has 0 spiro atoms. The number of rotatable bonds is 2. The Morgan fingerprint density at radius 2 is 2.06 bits per heavy atom. The third-order valence-electron chi connectivity index (χ3n) is 2.90. The Morgan fingerprint density at radius 1 is 1.38 bits per heavy atom. The molecule has 16 heavy (non-hydrogen) atoms. The molecule has 4 heteroatoms. The van der Waals surface area contributed by atoms with Gasteiger partial charge in [-0.15, -0.1) is 0 Å². The molecule has 0 aliphatic carbocycles. The first kappa shape index (κ1) is 11.5. The summed E-state index contributed by atoms with van der Waals surface area (Å²) < 4.78 is 26.8. The van der Waals surface area contributed by atoms with Gasteiger partial charge < -0.3 is 5.32 Å². The highest BCUT2D eigenvalue weighted by Gasteiger charge is 2.18. The number of hydrogen-bond donors (Lipinski definition) is 1. The molecule has 1 heterocycles. The average Bonchev–Trinajstić information content (AvgIpc) is 2.24. The van der Waals surface area contributed by atoms with Gasteiger partial charge in [0.05, 0.1) is 0 Å². The van der Waals surface area contributed by atoms with Crippen LogP contribution in [0.4, 0.5) is 8.78 Å². The Balaban J connectivity index is 2.08. The van der Waals surface area contributed by atoms with Crippen LogP contribution in [0.25, 0.3) is 0 Å². The van der Waals surface area contributed by atoms with Gasteiger partial charge in [0.2, 0.25) is 0 Å². The Hall–Kier alpha value is -1.00. The quantitative estimate of drug-likeness (QED) is 0.826. The normalized spacial score (nSPS) is 22.3. The molecule has 0 aromatic heterocycles. The van der Waals surface area contributed by atoms with E-state index >= 15 is 0 Å². The van der Waals surface area contributed by atoms with Crippen LogP contribution in [0.15, 0.2) is 18.2 Å². The molecule has 1 aliphatic heterocycles. The fourth-order valence-electron chi connectivity index (χ4n) is 2.06. The highest BCUT2D eigenvalue weighted by Crippen LogP contribution is 2.15. The highest BCUT2D eigenvalue weighted by molar-refractivity contribution is 5.19. The molecular weight excluding hydrogens is 210 g/mol. The van der Waals surface area contributed by atoms with E-state index in [2.05, 4.69) is 17.1 Å². The molecule has 0 amide bonds. The topological polar surface area (TPSA) is 15.3 Å². The van der Waals surface area contributed by atoms with Crippen LogP contribution < -0.4 is 5.32 Å². The van der Waals surface area contributed by atoms with Crippen LogP contribution in [0.3, 0.4) is 0 Å². The van der Waals surface area contributed by atoms with Crippen molar-refractivity contribution in [2.24, 2.45) is 0 Å². The van der Waals surface area contributed by atoms with Crippen LogP contribution in [0.5, 0.6) is 0 Å². The summed E-state index contributed by atoms with van der Waals surface area (Å²) in [6.07, 6.45) is 0. The van der Waals surface area contributed by atoms with Gasteiger partial charge in [0, 0.05) is 37.8 Å². The molecule has 1 unspecified atom stereocenters. The van der Waals surface area contributed by atoms with Gasteiger partial charge in [-0.3, -0.25) is 4.90 Å². The van der Waals surface area contributed by atoms with Gasteiger partial charge in [0.25, 0.3) is 0 Å². The Morgan fingerprint density at radius 3 is 2.69 bits per heavy atom. The van der Waals surface area contributed by atoms with Crippen molar-refractivity contribution in [1.29, 1.82) is 0 Å². The molecule has 1 aliphatic rings. The monoisotopic (exact) mass is 226 g/mol. The van der Waals surface area contributed by atoms with Crippen LogP contribution in [-0.4, -0.2) is 30.6 Å². The largest absolute Gasteiger partial charge is 0.312 e. The van der Waals surface area contributed by atoms with Gasteiger partial charge in [-0.2, -0.15) is 0 Å². The summed E-state index contributed by atoms with van der Waals surface area (Å²) >= 11 is 0. The number of nitrogens with one attached hydrogen (secondary N) is 1. The van der Waals surface area contributed by atoms with Crippen molar-refractivity contribution >= 4 is 0 Å². The maximum atomic E-state index is 13.4. The summed E-state index contributed by atoms with van der Waals surface area (Å²) in [5, 5.41) is 3.30. The highest BCUT2D eigenvalue weighted by atomic mass is 19.1. The molecular formula is C12H16F2N2. The molecule has 1 aromatic carbocycles. The maximum Gasteiger partial charge on any atom is 0.130 e. The first-order chi connectivity index (χ1) is 7.66.